The van der Waals surface area contributed by atoms with E-state index < -0.39 is 0 Å². The van der Waals surface area contributed by atoms with Gasteiger partial charge in [-0.05, 0) is 29.5 Å². The number of anilines is 1. The second kappa shape index (κ2) is 6.20. The van der Waals surface area contributed by atoms with Crippen LogP contribution in [-0.4, -0.2) is 22.6 Å². The first-order valence-electron chi connectivity index (χ1n) is 8.02. The predicted octanol–water partition coefficient (Wildman–Crippen LogP) is 3.88. The minimum Gasteiger partial charge on any atom is -0.339 e. The van der Waals surface area contributed by atoms with Crippen LogP contribution in [0.15, 0.2) is 46.3 Å². The van der Waals surface area contributed by atoms with E-state index in [0.29, 0.717) is 24.7 Å². The number of nitrogens with zero attached hydrogens (tertiary/aromatic N) is 3. The SMILES string of the molecule is CCc1ccccc1N1CC(c2nc(-c3cccs3)no2)CC1=O. The Balaban J connectivity index is 1.58. The van der Waals surface area contributed by atoms with Crippen molar-refractivity contribution >= 4 is 22.9 Å². The summed E-state index contributed by atoms with van der Waals surface area (Å²) in [6.45, 7) is 2.68. The molecular weight excluding hydrogens is 322 g/mol. The summed E-state index contributed by atoms with van der Waals surface area (Å²) in [6.07, 6.45) is 1.30. The molecule has 24 heavy (non-hydrogen) atoms. The third-order valence-electron chi connectivity index (χ3n) is 4.32. The van der Waals surface area contributed by atoms with E-state index in [1.54, 1.807) is 11.3 Å². The molecule has 1 aliphatic heterocycles. The minimum atomic E-state index is -0.0522. The molecule has 1 unspecified atom stereocenters. The summed E-state index contributed by atoms with van der Waals surface area (Å²) in [6, 6.07) is 12.0. The highest BCUT2D eigenvalue weighted by Crippen LogP contribution is 2.34. The third kappa shape index (κ3) is 2.63. The number of hydrogen-bond donors (Lipinski definition) is 0. The molecule has 1 aliphatic rings. The van der Waals surface area contributed by atoms with E-state index in [1.165, 1.54) is 5.56 Å². The maximum Gasteiger partial charge on any atom is 0.232 e. The Bertz CT molecular complexity index is 857. The van der Waals surface area contributed by atoms with E-state index in [9.17, 15) is 4.79 Å². The van der Waals surface area contributed by atoms with E-state index in [2.05, 4.69) is 23.1 Å². The van der Waals surface area contributed by atoms with E-state index in [-0.39, 0.29) is 11.8 Å². The van der Waals surface area contributed by atoms with Crippen LogP contribution in [0.1, 0.15) is 30.7 Å². The second-order valence-corrected chi connectivity index (χ2v) is 6.77. The predicted molar refractivity (Wildman–Crippen MR) is 93.1 cm³/mol. The first-order chi connectivity index (χ1) is 11.8. The van der Waals surface area contributed by atoms with Crippen molar-refractivity contribution in [3.8, 4) is 10.7 Å². The molecule has 0 aliphatic carbocycles. The van der Waals surface area contributed by atoms with Crippen LogP contribution in [0.4, 0.5) is 5.69 Å². The molecule has 122 valence electrons. The van der Waals surface area contributed by atoms with Crippen molar-refractivity contribution in [2.24, 2.45) is 0 Å². The molecule has 1 saturated heterocycles. The standard InChI is InChI=1S/C18H17N3O2S/c1-2-12-6-3-4-7-14(12)21-11-13(10-16(21)22)18-19-17(20-23-18)15-8-5-9-24-15/h3-9,13H,2,10-11H2,1H3. The molecule has 1 amide bonds. The Morgan fingerprint density at radius 2 is 2.17 bits per heavy atom. The lowest BCUT2D eigenvalue weighted by Crippen LogP contribution is -2.25. The summed E-state index contributed by atoms with van der Waals surface area (Å²) in [5, 5.41) is 6.03. The van der Waals surface area contributed by atoms with Crippen molar-refractivity contribution in [1.29, 1.82) is 0 Å². The quantitative estimate of drug-likeness (QED) is 0.724. The van der Waals surface area contributed by atoms with Crippen molar-refractivity contribution in [2.75, 3.05) is 11.4 Å². The molecule has 0 radical (unpaired) electrons. The average molecular weight is 339 g/mol. The topological polar surface area (TPSA) is 59.2 Å². The molecule has 1 fully saturated rings. The highest BCUT2D eigenvalue weighted by molar-refractivity contribution is 7.13. The molecule has 3 heterocycles. The Kier molecular flexibility index (Phi) is 3.90. The van der Waals surface area contributed by atoms with Gasteiger partial charge in [0.2, 0.25) is 17.6 Å². The summed E-state index contributed by atoms with van der Waals surface area (Å²) < 4.78 is 5.43. The fraction of sp³-hybridized carbons (Fsp3) is 0.278. The molecule has 4 rings (SSSR count). The molecule has 0 N–H and O–H groups in total. The van der Waals surface area contributed by atoms with Gasteiger partial charge in [-0.3, -0.25) is 4.79 Å². The summed E-state index contributed by atoms with van der Waals surface area (Å²) >= 11 is 1.57. The van der Waals surface area contributed by atoms with Gasteiger partial charge in [-0.2, -0.15) is 4.98 Å². The second-order valence-electron chi connectivity index (χ2n) is 5.82. The van der Waals surface area contributed by atoms with Crippen LogP contribution < -0.4 is 4.90 Å². The molecule has 0 saturated carbocycles. The minimum absolute atomic E-state index is 0.0522. The van der Waals surface area contributed by atoms with Crippen LogP contribution in [0.2, 0.25) is 0 Å². The van der Waals surface area contributed by atoms with E-state index in [4.69, 9.17) is 4.52 Å². The highest BCUT2D eigenvalue weighted by Gasteiger charge is 2.35. The number of rotatable bonds is 4. The van der Waals surface area contributed by atoms with Gasteiger partial charge in [0.15, 0.2) is 0 Å². The van der Waals surface area contributed by atoms with Gasteiger partial charge in [0.1, 0.15) is 0 Å². The van der Waals surface area contributed by atoms with Gasteiger partial charge >= 0.3 is 0 Å². The van der Waals surface area contributed by atoms with Crippen LogP contribution in [0.5, 0.6) is 0 Å². The zero-order chi connectivity index (χ0) is 16.5. The van der Waals surface area contributed by atoms with Crippen molar-refractivity contribution in [2.45, 2.75) is 25.7 Å². The van der Waals surface area contributed by atoms with Gasteiger partial charge in [-0.25, -0.2) is 0 Å². The van der Waals surface area contributed by atoms with Crippen molar-refractivity contribution < 1.29 is 9.32 Å². The molecule has 0 bridgehead atoms. The number of carbonyl (C=O) groups excluding carboxylic acids is 1. The van der Waals surface area contributed by atoms with Crippen molar-refractivity contribution in [1.82, 2.24) is 10.1 Å². The van der Waals surface area contributed by atoms with Crippen LogP contribution in [-0.2, 0) is 11.2 Å². The summed E-state index contributed by atoms with van der Waals surface area (Å²) in [7, 11) is 0. The van der Waals surface area contributed by atoms with Gasteiger partial charge in [-0.15, -0.1) is 11.3 Å². The number of carbonyl (C=O) groups is 1. The number of aryl methyl sites for hydroxylation is 1. The highest BCUT2D eigenvalue weighted by atomic mass is 32.1. The molecular formula is C18H17N3O2S. The first-order valence-corrected chi connectivity index (χ1v) is 8.90. The maximum atomic E-state index is 12.5. The summed E-state index contributed by atoms with van der Waals surface area (Å²) in [4.78, 5) is 19.8. The molecule has 5 nitrogen and oxygen atoms in total. The average Bonchev–Trinajstić information content (AvgIpc) is 3.34. The van der Waals surface area contributed by atoms with Gasteiger partial charge < -0.3 is 9.42 Å². The molecule has 1 aromatic carbocycles. The smallest absolute Gasteiger partial charge is 0.232 e. The van der Waals surface area contributed by atoms with Gasteiger partial charge in [0.25, 0.3) is 0 Å². The first kappa shape index (κ1) is 15.1. The summed E-state index contributed by atoms with van der Waals surface area (Å²) in [5.41, 5.74) is 2.17. The molecule has 1 atom stereocenters. The molecule has 2 aromatic heterocycles. The lowest BCUT2D eigenvalue weighted by molar-refractivity contribution is -0.117. The van der Waals surface area contributed by atoms with Gasteiger partial charge in [0, 0.05) is 18.7 Å². The van der Waals surface area contributed by atoms with Crippen molar-refractivity contribution in [3.05, 3.63) is 53.2 Å². The Labute approximate surface area is 143 Å². The number of aromatic nitrogens is 2. The normalized spacial score (nSPS) is 17.6. The van der Waals surface area contributed by atoms with E-state index in [1.807, 2.05) is 40.6 Å². The Hall–Kier alpha value is -2.47. The number of amides is 1. The Morgan fingerprint density at radius 1 is 1.29 bits per heavy atom. The largest absolute Gasteiger partial charge is 0.339 e. The zero-order valence-electron chi connectivity index (χ0n) is 13.3. The molecule has 6 heteroatoms. The fourth-order valence-corrected chi connectivity index (χ4v) is 3.74. The van der Waals surface area contributed by atoms with Crippen molar-refractivity contribution in [3.63, 3.8) is 0 Å². The van der Waals surface area contributed by atoms with Crippen LogP contribution >= 0.6 is 11.3 Å². The van der Waals surface area contributed by atoms with Crippen LogP contribution in [0.3, 0.4) is 0 Å². The lowest BCUT2D eigenvalue weighted by Gasteiger charge is -2.19. The monoisotopic (exact) mass is 339 g/mol. The lowest BCUT2D eigenvalue weighted by atomic mass is 10.1. The van der Waals surface area contributed by atoms with Crippen LogP contribution in [0.25, 0.3) is 10.7 Å². The summed E-state index contributed by atoms with van der Waals surface area (Å²) in [5.74, 6) is 1.20. The maximum absolute atomic E-state index is 12.5. The molecule has 0 spiro atoms. The van der Waals surface area contributed by atoms with E-state index >= 15 is 0 Å². The van der Waals surface area contributed by atoms with Gasteiger partial charge in [-0.1, -0.05) is 36.3 Å². The third-order valence-corrected chi connectivity index (χ3v) is 5.19. The zero-order valence-corrected chi connectivity index (χ0v) is 14.1. The van der Waals surface area contributed by atoms with E-state index in [0.717, 1.165) is 17.0 Å². The molecule has 3 aromatic rings. The van der Waals surface area contributed by atoms with Crippen LogP contribution in [0, 0.1) is 0 Å². The fourth-order valence-electron chi connectivity index (χ4n) is 3.09. The number of para-hydroxylation sites is 1. The number of thiophene rings is 1. The van der Waals surface area contributed by atoms with Gasteiger partial charge in [0.05, 0.1) is 10.8 Å². The Morgan fingerprint density at radius 3 is 2.96 bits per heavy atom. The number of hydrogen-bond acceptors (Lipinski definition) is 5. The number of benzene rings is 1.